The molecule has 5 nitrogen and oxygen atoms in total. The second-order valence-corrected chi connectivity index (χ2v) is 5.89. The molecule has 25 heavy (non-hydrogen) atoms. The SMILES string of the molecule is COc1ccnc(Nc2ccc(Cl)c(OCc3ccccc3Cl)c2)n1. The molecule has 0 spiro atoms. The van der Waals surface area contributed by atoms with Crippen molar-refractivity contribution in [2.75, 3.05) is 12.4 Å². The fourth-order valence-electron chi connectivity index (χ4n) is 2.11. The molecule has 0 unspecified atom stereocenters. The summed E-state index contributed by atoms with van der Waals surface area (Å²) in [6.07, 6.45) is 1.61. The van der Waals surface area contributed by atoms with Crippen molar-refractivity contribution in [2.24, 2.45) is 0 Å². The van der Waals surface area contributed by atoms with Crippen molar-refractivity contribution in [1.82, 2.24) is 9.97 Å². The van der Waals surface area contributed by atoms with E-state index in [4.69, 9.17) is 32.7 Å². The van der Waals surface area contributed by atoms with Crippen LogP contribution in [0.4, 0.5) is 11.6 Å². The molecule has 3 rings (SSSR count). The summed E-state index contributed by atoms with van der Waals surface area (Å²) in [5.74, 6) is 1.43. The lowest BCUT2D eigenvalue weighted by atomic mass is 10.2. The third-order valence-electron chi connectivity index (χ3n) is 3.37. The molecular weight excluding hydrogens is 361 g/mol. The van der Waals surface area contributed by atoms with Gasteiger partial charge in [-0.3, -0.25) is 0 Å². The summed E-state index contributed by atoms with van der Waals surface area (Å²) < 4.78 is 10.9. The van der Waals surface area contributed by atoms with Crippen LogP contribution in [0.25, 0.3) is 0 Å². The third-order valence-corrected chi connectivity index (χ3v) is 4.05. The van der Waals surface area contributed by atoms with E-state index < -0.39 is 0 Å². The molecular formula is C18H15Cl2N3O2. The van der Waals surface area contributed by atoms with Gasteiger partial charge in [-0.05, 0) is 18.2 Å². The summed E-state index contributed by atoms with van der Waals surface area (Å²) in [4.78, 5) is 8.35. The first-order valence-corrected chi connectivity index (χ1v) is 8.21. The van der Waals surface area contributed by atoms with E-state index >= 15 is 0 Å². The van der Waals surface area contributed by atoms with E-state index in [0.29, 0.717) is 34.2 Å². The van der Waals surface area contributed by atoms with Crippen LogP contribution in [0.5, 0.6) is 11.6 Å². The molecule has 0 amide bonds. The molecule has 1 heterocycles. The standard InChI is InChI=1S/C18H15Cl2N3O2/c1-24-17-8-9-21-18(23-17)22-13-6-7-15(20)16(10-13)25-11-12-4-2-3-5-14(12)19/h2-10H,11H2,1H3,(H,21,22,23). The fourth-order valence-corrected chi connectivity index (χ4v) is 2.47. The Morgan fingerprint density at radius 1 is 1.04 bits per heavy atom. The Morgan fingerprint density at radius 3 is 2.68 bits per heavy atom. The van der Waals surface area contributed by atoms with Crippen LogP contribution in [0.2, 0.25) is 10.0 Å². The Labute approximate surface area is 155 Å². The van der Waals surface area contributed by atoms with Gasteiger partial charge >= 0.3 is 0 Å². The minimum atomic E-state index is 0.318. The molecule has 3 aromatic rings. The zero-order valence-corrected chi connectivity index (χ0v) is 14.9. The quantitative estimate of drug-likeness (QED) is 0.648. The monoisotopic (exact) mass is 375 g/mol. The highest BCUT2D eigenvalue weighted by Gasteiger charge is 2.07. The molecule has 0 aliphatic rings. The van der Waals surface area contributed by atoms with E-state index in [1.807, 2.05) is 30.3 Å². The van der Waals surface area contributed by atoms with Gasteiger partial charge in [-0.25, -0.2) is 4.98 Å². The molecule has 0 saturated carbocycles. The molecule has 0 aliphatic heterocycles. The first-order chi connectivity index (χ1) is 12.2. The van der Waals surface area contributed by atoms with Gasteiger partial charge in [0.25, 0.3) is 0 Å². The van der Waals surface area contributed by atoms with Gasteiger partial charge in [-0.2, -0.15) is 4.98 Å². The number of nitrogens with zero attached hydrogens (tertiary/aromatic N) is 2. The number of anilines is 2. The van der Waals surface area contributed by atoms with E-state index in [1.54, 1.807) is 31.5 Å². The van der Waals surface area contributed by atoms with Crippen LogP contribution >= 0.6 is 23.2 Å². The van der Waals surface area contributed by atoms with Gasteiger partial charge in [-0.15, -0.1) is 0 Å². The third kappa shape index (κ3) is 4.53. The van der Waals surface area contributed by atoms with E-state index in [-0.39, 0.29) is 0 Å². The number of aromatic nitrogens is 2. The van der Waals surface area contributed by atoms with Gasteiger partial charge in [0.05, 0.1) is 12.1 Å². The van der Waals surface area contributed by atoms with Gasteiger partial charge in [0, 0.05) is 34.6 Å². The molecule has 0 atom stereocenters. The number of rotatable bonds is 6. The van der Waals surface area contributed by atoms with E-state index in [0.717, 1.165) is 11.3 Å². The number of halogens is 2. The maximum absolute atomic E-state index is 6.22. The number of hydrogen-bond acceptors (Lipinski definition) is 5. The van der Waals surface area contributed by atoms with Gasteiger partial charge < -0.3 is 14.8 Å². The molecule has 7 heteroatoms. The van der Waals surface area contributed by atoms with Gasteiger partial charge in [0.1, 0.15) is 12.4 Å². The Hall–Kier alpha value is -2.50. The lowest BCUT2D eigenvalue weighted by Crippen LogP contribution is -2.00. The Balaban J connectivity index is 1.75. The average molecular weight is 376 g/mol. The predicted molar refractivity (Wildman–Crippen MR) is 99.1 cm³/mol. The van der Waals surface area contributed by atoms with Crippen LogP contribution in [-0.2, 0) is 6.61 Å². The second-order valence-electron chi connectivity index (χ2n) is 5.07. The molecule has 0 fully saturated rings. The normalized spacial score (nSPS) is 10.4. The van der Waals surface area contributed by atoms with Crippen molar-refractivity contribution in [2.45, 2.75) is 6.61 Å². The van der Waals surface area contributed by atoms with Gasteiger partial charge in [0.2, 0.25) is 11.8 Å². The van der Waals surface area contributed by atoms with Crippen molar-refractivity contribution in [3.05, 3.63) is 70.3 Å². The lowest BCUT2D eigenvalue weighted by molar-refractivity contribution is 0.306. The van der Waals surface area contributed by atoms with E-state index in [2.05, 4.69) is 15.3 Å². The van der Waals surface area contributed by atoms with E-state index in [1.165, 1.54) is 0 Å². The molecule has 0 saturated heterocycles. The first kappa shape index (κ1) is 17.3. The smallest absolute Gasteiger partial charge is 0.230 e. The summed E-state index contributed by atoms with van der Waals surface area (Å²) in [6, 6.07) is 14.5. The first-order valence-electron chi connectivity index (χ1n) is 7.45. The molecule has 2 aromatic carbocycles. The number of methoxy groups -OCH3 is 1. The van der Waals surface area contributed by atoms with Gasteiger partial charge in [0.15, 0.2) is 0 Å². The second kappa shape index (κ2) is 8.05. The van der Waals surface area contributed by atoms with Crippen molar-refractivity contribution in [3.8, 4) is 11.6 Å². The van der Waals surface area contributed by atoms with Gasteiger partial charge in [-0.1, -0.05) is 41.4 Å². The van der Waals surface area contributed by atoms with Crippen LogP contribution in [-0.4, -0.2) is 17.1 Å². The Bertz CT molecular complexity index is 874. The highest BCUT2D eigenvalue weighted by atomic mass is 35.5. The zero-order valence-electron chi connectivity index (χ0n) is 13.4. The van der Waals surface area contributed by atoms with Crippen molar-refractivity contribution in [1.29, 1.82) is 0 Å². The molecule has 128 valence electrons. The minimum absolute atomic E-state index is 0.318. The largest absolute Gasteiger partial charge is 0.487 e. The molecule has 0 bridgehead atoms. The number of nitrogens with one attached hydrogen (secondary N) is 1. The average Bonchev–Trinajstić information content (AvgIpc) is 2.63. The van der Waals surface area contributed by atoms with Crippen LogP contribution in [0, 0.1) is 0 Å². The number of ether oxygens (including phenoxy) is 2. The lowest BCUT2D eigenvalue weighted by Gasteiger charge is -2.12. The van der Waals surface area contributed by atoms with Crippen LogP contribution in [0.15, 0.2) is 54.7 Å². The highest BCUT2D eigenvalue weighted by molar-refractivity contribution is 6.32. The van der Waals surface area contributed by atoms with Crippen molar-refractivity contribution in [3.63, 3.8) is 0 Å². The zero-order chi connectivity index (χ0) is 17.6. The summed E-state index contributed by atoms with van der Waals surface area (Å²) in [6.45, 7) is 0.318. The topological polar surface area (TPSA) is 56.3 Å². The summed E-state index contributed by atoms with van der Waals surface area (Å²) in [5, 5.41) is 4.24. The molecule has 0 aliphatic carbocycles. The molecule has 1 aromatic heterocycles. The maximum Gasteiger partial charge on any atom is 0.230 e. The minimum Gasteiger partial charge on any atom is -0.487 e. The summed E-state index contributed by atoms with van der Waals surface area (Å²) in [7, 11) is 1.55. The van der Waals surface area contributed by atoms with E-state index in [9.17, 15) is 0 Å². The van der Waals surface area contributed by atoms with Crippen molar-refractivity contribution >= 4 is 34.8 Å². The predicted octanol–water partition coefficient (Wildman–Crippen LogP) is 5.11. The fraction of sp³-hybridized carbons (Fsp3) is 0.111. The number of benzene rings is 2. The van der Waals surface area contributed by atoms with Crippen molar-refractivity contribution < 1.29 is 9.47 Å². The Kier molecular flexibility index (Phi) is 5.58. The maximum atomic E-state index is 6.22. The highest BCUT2D eigenvalue weighted by Crippen LogP contribution is 2.30. The molecule has 0 radical (unpaired) electrons. The molecule has 1 N–H and O–H groups in total. The van der Waals surface area contributed by atoms with Crippen LogP contribution in [0.1, 0.15) is 5.56 Å². The number of hydrogen-bond donors (Lipinski definition) is 1. The summed E-state index contributed by atoms with van der Waals surface area (Å²) >= 11 is 12.4. The van der Waals surface area contributed by atoms with Crippen LogP contribution in [0.3, 0.4) is 0 Å². The summed E-state index contributed by atoms with van der Waals surface area (Å²) in [5.41, 5.74) is 1.63. The van der Waals surface area contributed by atoms with Crippen LogP contribution < -0.4 is 14.8 Å². The Morgan fingerprint density at radius 2 is 1.88 bits per heavy atom.